The molecule has 5 nitrogen and oxygen atoms in total. The van der Waals surface area contributed by atoms with E-state index in [0.717, 1.165) is 19.3 Å². The third-order valence-corrected chi connectivity index (χ3v) is 4.80. The molecule has 3 N–H and O–H groups in total. The largest absolute Gasteiger partial charge is 0.378 e. The van der Waals surface area contributed by atoms with Crippen molar-refractivity contribution in [1.29, 1.82) is 0 Å². The van der Waals surface area contributed by atoms with Crippen LogP contribution in [0.25, 0.3) is 0 Å². The van der Waals surface area contributed by atoms with Crippen molar-refractivity contribution < 1.29 is 13.2 Å². The summed E-state index contributed by atoms with van der Waals surface area (Å²) in [5.41, 5.74) is 5.68. The van der Waals surface area contributed by atoms with Crippen LogP contribution in [0, 0.1) is 11.8 Å². The summed E-state index contributed by atoms with van der Waals surface area (Å²) in [6.45, 7) is 5.21. The Morgan fingerprint density at radius 2 is 2.00 bits per heavy atom. The molecular weight excluding hydrogens is 252 g/mol. The Balaban J connectivity index is 2.28. The molecule has 0 spiro atoms. The summed E-state index contributed by atoms with van der Waals surface area (Å²) in [5, 5.41) is 0. The Morgan fingerprint density at radius 3 is 2.61 bits per heavy atom. The van der Waals surface area contributed by atoms with Gasteiger partial charge in [-0.2, -0.15) is 0 Å². The number of hydrogen-bond acceptors (Lipinski definition) is 4. The summed E-state index contributed by atoms with van der Waals surface area (Å²) in [7, 11) is -3.21. The lowest BCUT2D eigenvalue weighted by atomic mass is 9.97. The fraction of sp³-hybridized carbons (Fsp3) is 1.00. The monoisotopic (exact) mass is 278 g/mol. The molecule has 0 heterocycles. The van der Waals surface area contributed by atoms with Gasteiger partial charge in [0, 0.05) is 6.54 Å². The number of sulfonamides is 1. The molecule has 0 bridgehead atoms. The van der Waals surface area contributed by atoms with Gasteiger partial charge < -0.3 is 10.5 Å². The van der Waals surface area contributed by atoms with Crippen molar-refractivity contribution in [3.63, 3.8) is 0 Å². The van der Waals surface area contributed by atoms with Crippen LogP contribution in [0.1, 0.15) is 33.1 Å². The Bertz CT molecular complexity index is 330. The molecule has 0 amide bonds. The van der Waals surface area contributed by atoms with Crippen LogP contribution in [0.5, 0.6) is 0 Å². The van der Waals surface area contributed by atoms with E-state index in [-0.39, 0.29) is 18.5 Å². The maximum atomic E-state index is 11.7. The van der Waals surface area contributed by atoms with E-state index in [1.165, 1.54) is 0 Å². The fourth-order valence-electron chi connectivity index (χ4n) is 2.39. The van der Waals surface area contributed by atoms with Gasteiger partial charge in [0.05, 0.1) is 18.5 Å². The van der Waals surface area contributed by atoms with Gasteiger partial charge in [-0.3, -0.25) is 0 Å². The minimum Gasteiger partial charge on any atom is -0.378 e. The summed E-state index contributed by atoms with van der Waals surface area (Å²) in [6.07, 6.45) is 3.42. The highest BCUT2D eigenvalue weighted by Crippen LogP contribution is 2.30. The van der Waals surface area contributed by atoms with Gasteiger partial charge in [0.1, 0.15) is 0 Å². The molecule has 0 saturated heterocycles. The van der Waals surface area contributed by atoms with Gasteiger partial charge in [0.2, 0.25) is 10.0 Å². The Kier molecular flexibility index (Phi) is 6.55. The quantitative estimate of drug-likeness (QED) is 0.685. The van der Waals surface area contributed by atoms with Crippen LogP contribution in [0.2, 0.25) is 0 Å². The highest BCUT2D eigenvalue weighted by Gasteiger charge is 2.27. The van der Waals surface area contributed by atoms with Gasteiger partial charge in [-0.15, -0.1) is 0 Å². The summed E-state index contributed by atoms with van der Waals surface area (Å²) in [4.78, 5) is 0. The minimum absolute atomic E-state index is 0.0329. The molecule has 6 heteroatoms. The van der Waals surface area contributed by atoms with Crippen molar-refractivity contribution in [2.75, 3.05) is 25.4 Å². The fourth-order valence-corrected chi connectivity index (χ4v) is 3.32. The highest BCUT2D eigenvalue weighted by molar-refractivity contribution is 7.89. The number of nitrogens with one attached hydrogen (secondary N) is 1. The summed E-state index contributed by atoms with van der Waals surface area (Å²) in [6, 6.07) is 0. The second kappa shape index (κ2) is 7.43. The van der Waals surface area contributed by atoms with Gasteiger partial charge >= 0.3 is 0 Å². The molecule has 2 unspecified atom stereocenters. The second-order valence-electron chi connectivity index (χ2n) is 5.27. The average molecular weight is 278 g/mol. The van der Waals surface area contributed by atoms with Crippen molar-refractivity contribution in [3.8, 4) is 0 Å². The molecule has 2 atom stereocenters. The average Bonchev–Trinajstić information content (AvgIpc) is 2.73. The molecule has 1 rings (SSSR count). The van der Waals surface area contributed by atoms with Crippen LogP contribution in [-0.4, -0.2) is 40.0 Å². The van der Waals surface area contributed by atoms with Crippen LogP contribution in [0.4, 0.5) is 0 Å². The molecule has 18 heavy (non-hydrogen) atoms. The maximum Gasteiger partial charge on any atom is 0.213 e. The SMILES string of the molecule is CC(C)OCCS(=O)(=O)NCC1CCCC1CN. The molecule has 1 aliphatic rings. The van der Waals surface area contributed by atoms with E-state index in [4.69, 9.17) is 10.5 Å². The zero-order valence-electron chi connectivity index (χ0n) is 11.4. The first-order valence-corrected chi connectivity index (χ1v) is 8.39. The van der Waals surface area contributed by atoms with E-state index >= 15 is 0 Å². The lowest BCUT2D eigenvalue weighted by Crippen LogP contribution is -2.35. The summed E-state index contributed by atoms with van der Waals surface area (Å²) < 4.78 is 31.4. The van der Waals surface area contributed by atoms with Crippen LogP contribution >= 0.6 is 0 Å². The molecule has 0 aromatic rings. The van der Waals surface area contributed by atoms with Crippen LogP contribution in [0.15, 0.2) is 0 Å². The smallest absolute Gasteiger partial charge is 0.213 e. The van der Waals surface area contributed by atoms with Crippen molar-refractivity contribution in [2.45, 2.75) is 39.2 Å². The third kappa shape index (κ3) is 5.65. The van der Waals surface area contributed by atoms with E-state index in [1.807, 2.05) is 13.8 Å². The maximum absolute atomic E-state index is 11.7. The Labute approximate surface area is 111 Å². The van der Waals surface area contributed by atoms with Gasteiger partial charge in [-0.05, 0) is 45.1 Å². The summed E-state index contributed by atoms with van der Waals surface area (Å²) >= 11 is 0. The van der Waals surface area contributed by atoms with Crippen molar-refractivity contribution in [1.82, 2.24) is 4.72 Å². The molecule has 0 radical (unpaired) electrons. The van der Waals surface area contributed by atoms with E-state index < -0.39 is 10.0 Å². The predicted octanol–water partition coefficient (Wildman–Crippen LogP) is 0.706. The van der Waals surface area contributed by atoms with Crippen molar-refractivity contribution in [3.05, 3.63) is 0 Å². The van der Waals surface area contributed by atoms with E-state index in [9.17, 15) is 8.42 Å². The molecule has 0 aromatic carbocycles. The standard InChI is InChI=1S/C12H26N2O3S/c1-10(2)17-6-7-18(15,16)14-9-12-5-3-4-11(12)8-13/h10-12,14H,3-9,13H2,1-2H3. The Morgan fingerprint density at radius 1 is 1.33 bits per heavy atom. The van der Waals surface area contributed by atoms with Crippen molar-refractivity contribution >= 4 is 10.0 Å². The van der Waals surface area contributed by atoms with E-state index in [1.54, 1.807) is 0 Å². The molecule has 0 aliphatic heterocycles. The second-order valence-corrected chi connectivity index (χ2v) is 7.20. The van der Waals surface area contributed by atoms with Gasteiger partial charge in [-0.25, -0.2) is 13.1 Å². The van der Waals surface area contributed by atoms with Gasteiger partial charge in [0.15, 0.2) is 0 Å². The van der Waals surface area contributed by atoms with Crippen molar-refractivity contribution in [2.24, 2.45) is 17.6 Å². The molecule has 108 valence electrons. The Hall–Kier alpha value is -0.170. The molecule has 1 aliphatic carbocycles. The normalized spacial score (nSPS) is 24.9. The zero-order chi connectivity index (χ0) is 13.6. The van der Waals surface area contributed by atoms with Crippen LogP contribution in [-0.2, 0) is 14.8 Å². The van der Waals surface area contributed by atoms with Gasteiger partial charge in [-0.1, -0.05) is 6.42 Å². The van der Waals surface area contributed by atoms with E-state index in [0.29, 0.717) is 24.9 Å². The molecule has 1 fully saturated rings. The van der Waals surface area contributed by atoms with Gasteiger partial charge in [0.25, 0.3) is 0 Å². The van der Waals surface area contributed by atoms with Crippen LogP contribution < -0.4 is 10.5 Å². The lowest BCUT2D eigenvalue weighted by Gasteiger charge is -2.18. The summed E-state index contributed by atoms with van der Waals surface area (Å²) in [5.74, 6) is 0.904. The number of nitrogens with two attached hydrogens (primary N) is 1. The number of ether oxygens (including phenoxy) is 1. The first kappa shape index (κ1) is 15.9. The number of rotatable bonds is 8. The number of hydrogen-bond donors (Lipinski definition) is 2. The van der Waals surface area contributed by atoms with E-state index in [2.05, 4.69) is 4.72 Å². The first-order valence-electron chi connectivity index (χ1n) is 6.73. The third-order valence-electron chi connectivity index (χ3n) is 3.49. The topological polar surface area (TPSA) is 81.4 Å². The molecule has 1 saturated carbocycles. The molecule has 0 aromatic heterocycles. The lowest BCUT2D eigenvalue weighted by molar-refractivity contribution is 0.0911. The zero-order valence-corrected chi connectivity index (χ0v) is 12.2. The first-order chi connectivity index (χ1) is 8.44. The molecular formula is C12H26N2O3S. The minimum atomic E-state index is -3.21. The van der Waals surface area contributed by atoms with Crippen LogP contribution in [0.3, 0.4) is 0 Å². The predicted molar refractivity (Wildman–Crippen MR) is 72.8 cm³/mol. The highest BCUT2D eigenvalue weighted by atomic mass is 32.2.